The molecule has 0 aliphatic carbocycles. The van der Waals surface area contributed by atoms with Crippen LogP contribution < -0.4 is 5.32 Å². The summed E-state index contributed by atoms with van der Waals surface area (Å²) in [5.41, 5.74) is 2.18. The molecule has 1 amide bonds. The summed E-state index contributed by atoms with van der Waals surface area (Å²) in [6.45, 7) is 2.46. The van der Waals surface area contributed by atoms with Crippen LogP contribution in [0, 0.1) is 0 Å². The zero-order chi connectivity index (χ0) is 14.4. The van der Waals surface area contributed by atoms with Gasteiger partial charge < -0.3 is 5.32 Å². The van der Waals surface area contributed by atoms with Gasteiger partial charge in [0.2, 0.25) is 5.91 Å². The lowest BCUT2D eigenvalue weighted by molar-refractivity contribution is -0.120. The number of thiazole rings is 1. The summed E-state index contributed by atoms with van der Waals surface area (Å²) in [6, 6.07) is 10.3. The van der Waals surface area contributed by atoms with Crippen molar-refractivity contribution in [1.29, 1.82) is 0 Å². The highest BCUT2D eigenvalue weighted by Gasteiger charge is 2.12. The average molecular weight is 353 g/mol. The molecule has 0 fully saturated rings. The zero-order valence-electron chi connectivity index (χ0n) is 11.3. The van der Waals surface area contributed by atoms with Gasteiger partial charge in [0, 0.05) is 11.8 Å². The maximum atomic E-state index is 11.7. The maximum absolute atomic E-state index is 11.7. The Morgan fingerprint density at radius 3 is 2.85 bits per heavy atom. The molecule has 0 aliphatic heterocycles. The van der Waals surface area contributed by atoms with E-state index in [1.165, 1.54) is 5.56 Å². The summed E-state index contributed by atoms with van der Waals surface area (Å²) >= 11 is 4.97. The number of hydrogen-bond acceptors (Lipinski definition) is 3. The number of alkyl halides is 1. The van der Waals surface area contributed by atoms with E-state index in [0.717, 1.165) is 23.5 Å². The van der Waals surface area contributed by atoms with E-state index in [4.69, 9.17) is 0 Å². The van der Waals surface area contributed by atoms with Gasteiger partial charge in [-0.1, -0.05) is 53.2 Å². The van der Waals surface area contributed by atoms with Crippen molar-refractivity contribution in [3.8, 4) is 0 Å². The predicted octanol–water partition coefficient (Wildman–Crippen LogP) is 3.52. The second-order valence-corrected chi connectivity index (χ2v) is 6.54. The molecule has 2 aromatic rings. The van der Waals surface area contributed by atoms with Crippen LogP contribution in [0.4, 0.5) is 0 Å². The van der Waals surface area contributed by atoms with Gasteiger partial charge in [-0.3, -0.25) is 4.79 Å². The van der Waals surface area contributed by atoms with Crippen molar-refractivity contribution in [1.82, 2.24) is 10.3 Å². The highest BCUT2D eigenvalue weighted by Crippen LogP contribution is 2.15. The van der Waals surface area contributed by atoms with E-state index >= 15 is 0 Å². The first kappa shape index (κ1) is 15.2. The highest BCUT2D eigenvalue weighted by atomic mass is 79.9. The third-order valence-corrected chi connectivity index (χ3v) is 4.85. The fourth-order valence-corrected chi connectivity index (χ4v) is 2.75. The number of nitrogens with one attached hydrogen (secondary N) is 1. The number of nitrogens with zero attached hydrogens (tertiary/aromatic N) is 1. The Morgan fingerprint density at radius 1 is 1.40 bits per heavy atom. The largest absolute Gasteiger partial charge is 0.349 e. The van der Waals surface area contributed by atoms with Gasteiger partial charge in [-0.25, -0.2) is 4.98 Å². The first-order valence-corrected chi connectivity index (χ1v) is 8.37. The van der Waals surface area contributed by atoms with Crippen molar-refractivity contribution < 1.29 is 4.79 Å². The molecule has 1 heterocycles. The van der Waals surface area contributed by atoms with Crippen molar-refractivity contribution in [2.24, 2.45) is 0 Å². The lowest BCUT2D eigenvalue weighted by Gasteiger charge is -2.06. The minimum atomic E-state index is -0.120. The number of amides is 1. The van der Waals surface area contributed by atoms with Gasteiger partial charge in [0.15, 0.2) is 0 Å². The molecule has 0 saturated heterocycles. The number of carbonyl (C=O) groups is 1. The van der Waals surface area contributed by atoms with Crippen LogP contribution >= 0.6 is 27.3 Å². The molecular weight excluding hydrogens is 336 g/mol. The van der Waals surface area contributed by atoms with Crippen LogP contribution in [0.15, 0.2) is 35.7 Å². The van der Waals surface area contributed by atoms with E-state index < -0.39 is 0 Å². The van der Waals surface area contributed by atoms with E-state index in [-0.39, 0.29) is 10.7 Å². The fourth-order valence-electron chi connectivity index (χ4n) is 1.76. The predicted molar refractivity (Wildman–Crippen MR) is 86.2 cm³/mol. The Balaban J connectivity index is 1.88. The third kappa shape index (κ3) is 4.42. The Hall–Kier alpha value is -1.20. The van der Waals surface area contributed by atoms with Crippen LogP contribution in [0.5, 0.6) is 0 Å². The Kier molecular flexibility index (Phi) is 5.73. The second-order valence-electron chi connectivity index (χ2n) is 4.49. The number of carbonyl (C=O) groups excluding carboxylic acids is 1. The Morgan fingerprint density at radius 2 is 2.15 bits per heavy atom. The molecule has 1 atom stereocenters. The van der Waals surface area contributed by atoms with E-state index in [1.54, 1.807) is 11.3 Å². The quantitative estimate of drug-likeness (QED) is 0.808. The number of hydrogen-bond donors (Lipinski definition) is 1. The summed E-state index contributed by atoms with van der Waals surface area (Å²) < 4.78 is 0. The van der Waals surface area contributed by atoms with Crippen molar-refractivity contribution >= 4 is 33.2 Å². The minimum Gasteiger partial charge on any atom is -0.349 e. The molecule has 1 aromatic heterocycles. The minimum absolute atomic E-state index is 0.0186. The molecule has 106 valence electrons. The van der Waals surface area contributed by atoms with Crippen molar-refractivity contribution in [3.63, 3.8) is 0 Å². The standard InChI is InChI=1S/C15H17BrN2OS/c1-2-13(16)15(19)17-9-12-10-20-14(18-12)8-11-6-4-3-5-7-11/h3-7,10,13H,2,8-9H2,1H3,(H,17,19). The molecule has 2 rings (SSSR count). The molecule has 0 aliphatic rings. The molecule has 20 heavy (non-hydrogen) atoms. The van der Waals surface area contributed by atoms with Gasteiger partial charge in [0.1, 0.15) is 0 Å². The Labute approximate surface area is 131 Å². The van der Waals surface area contributed by atoms with Crippen LogP contribution in [-0.2, 0) is 17.8 Å². The van der Waals surface area contributed by atoms with E-state index in [9.17, 15) is 4.79 Å². The number of halogens is 1. The van der Waals surface area contributed by atoms with Gasteiger partial charge in [-0.05, 0) is 12.0 Å². The highest BCUT2D eigenvalue weighted by molar-refractivity contribution is 9.10. The summed E-state index contributed by atoms with van der Waals surface area (Å²) in [5.74, 6) is 0.0186. The number of benzene rings is 1. The second kappa shape index (κ2) is 7.55. The molecule has 0 spiro atoms. The van der Waals surface area contributed by atoms with Crippen molar-refractivity contribution in [2.45, 2.75) is 31.1 Å². The third-order valence-electron chi connectivity index (χ3n) is 2.88. The molecule has 1 unspecified atom stereocenters. The molecule has 0 radical (unpaired) electrons. The van der Waals surface area contributed by atoms with Gasteiger partial charge in [0.05, 0.1) is 22.1 Å². The number of aromatic nitrogens is 1. The maximum Gasteiger partial charge on any atom is 0.234 e. The van der Waals surface area contributed by atoms with Crippen LogP contribution in [0.1, 0.15) is 29.6 Å². The smallest absolute Gasteiger partial charge is 0.234 e. The monoisotopic (exact) mass is 352 g/mol. The molecular formula is C15H17BrN2OS. The Bertz CT molecular complexity index is 556. The fraction of sp³-hybridized carbons (Fsp3) is 0.333. The SMILES string of the molecule is CCC(Br)C(=O)NCc1csc(Cc2ccccc2)n1. The van der Waals surface area contributed by atoms with Crippen LogP contribution in [-0.4, -0.2) is 15.7 Å². The summed E-state index contributed by atoms with van der Waals surface area (Å²) in [5, 5.41) is 5.97. The normalized spacial score (nSPS) is 12.1. The summed E-state index contributed by atoms with van der Waals surface area (Å²) in [4.78, 5) is 16.1. The molecule has 3 nitrogen and oxygen atoms in total. The topological polar surface area (TPSA) is 42.0 Å². The first-order chi connectivity index (χ1) is 9.69. The van der Waals surface area contributed by atoms with Gasteiger partial charge >= 0.3 is 0 Å². The van der Waals surface area contributed by atoms with E-state index in [0.29, 0.717) is 6.54 Å². The summed E-state index contributed by atoms with van der Waals surface area (Å²) in [6.07, 6.45) is 1.62. The number of rotatable bonds is 6. The molecule has 1 aromatic carbocycles. The van der Waals surface area contributed by atoms with Crippen LogP contribution in [0.2, 0.25) is 0 Å². The van der Waals surface area contributed by atoms with Crippen molar-refractivity contribution in [3.05, 3.63) is 52.0 Å². The molecule has 0 bridgehead atoms. The van der Waals surface area contributed by atoms with E-state index in [1.807, 2.05) is 30.5 Å². The zero-order valence-corrected chi connectivity index (χ0v) is 13.7. The first-order valence-electron chi connectivity index (χ1n) is 6.58. The van der Waals surface area contributed by atoms with Gasteiger partial charge in [-0.2, -0.15) is 0 Å². The van der Waals surface area contributed by atoms with Gasteiger partial charge in [-0.15, -0.1) is 11.3 Å². The van der Waals surface area contributed by atoms with Crippen LogP contribution in [0.25, 0.3) is 0 Å². The molecule has 0 saturated carbocycles. The van der Waals surface area contributed by atoms with Crippen LogP contribution in [0.3, 0.4) is 0 Å². The van der Waals surface area contributed by atoms with E-state index in [2.05, 4.69) is 38.4 Å². The lowest BCUT2D eigenvalue weighted by atomic mass is 10.2. The average Bonchev–Trinajstić information content (AvgIpc) is 2.92. The van der Waals surface area contributed by atoms with Crippen molar-refractivity contribution in [2.75, 3.05) is 0 Å². The molecule has 1 N–H and O–H groups in total. The van der Waals surface area contributed by atoms with Gasteiger partial charge in [0.25, 0.3) is 0 Å². The lowest BCUT2D eigenvalue weighted by Crippen LogP contribution is -2.30. The summed E-state index contributed by atoms with van der Waals surface area (Å²) in [7, 11) is 0. The molecule has 5 heteroatoms.